The van der Waals surface area contributed by atoms with Crippen LogP contribution in [-0.4, -0.2) is 67.0 Å². The number of hydrogen-bond donors (Lipinski definition) is 2. The number of amides is 3. The Morgan fingerprint density at radius 1 is 1.21 bits per heavy atom. The van der Waals surface area contributed by atoms with Crippen LogP contribution in [0.25, 0.3) is 0 Å². The lowest BCUT2D eigenvalue weighted by Crippen LogP contribution is -2.54. The van der Waals surface area contributed by atoms with Crippen molar-refractivity contribution in [2.75, 3.05) is 39.3 Å². The van der Waals surface area contributed by atoms with Gasteiger partial charge in [0.2, 0.25) is 5.91 Å². The Labute approximate surface area is 114 Å². The normalized spacial score (nSPS) is 27.5. The molecular formula is C13H24N4O2. The molecule has 2 aliphatic rings. The Hall–Kier alpha value is -1.30. The average Bonchev–Trinajstić information content (AvgIpc) is 2.84. The van der Waals surface area contributed by atoms with Crippen LogP contribution in [0.5, 0.6) is 0 Å². The fraction of sp³-hybridized carbons (Fsp3) is 0.846. The quantitative estimate of drug-likeness (QED) is 0.732. The van der Waals surface area contributed by atoms with Gasteiger partial charge in [0.25, 0.3) is 0 Å². The lowest BCUT2D eigenvalue weighted by atomic mass is 10.00. The summed E-state index contributed by atoms with van der Waals surface area (Å²) in [5, 5.41) is 6.11. The van der Waals surface area contributed by atoms with Gasteiger partial charge < -0.3 is 20.4 Å². The monoisotopic (exact) mass is 268 g/mol. The Bertz CT molecular complexity index is 340. The maximum absolute atomic E-state index is 12.4. The molecule has 2 aliphatic heterocycles. The minimum Gasteiger partial charge on any atom is -0.339 e. The molecule has 0 aromatic heterocycles. The molecule has 0 aromatic carbocycles. The van der Waals surface area contributed by atoms with E-state index in [1.54, 1.807) is 4.90 Å². The molecule has 0 aliphatic carbocycles. The summed E-state index contributed by atoms with van der Waals surface area (Å²) in [5.74, 6) is 0.351. The molecule has 0 aromatic rings. The standard InChI is InChI=1S/C13H24N4O2/c1-3-14-13(19)17-8-6-16(7-9-17)12(18)11-4-5-15-10(11)2/h10-11,15H,3-9H2,1-2H3,(H,14,19). The molecule has 6 heteroatoms. The minimum atomic E-state index is -0.0227. The zero-order valence-corrected chi connectivity index (χ0v) is 11.8. The van der Waals surface area contributed by atoms with E-state index in [1.807, 2.05) is 11.8 Å². The van der Waals surface area contributed by atoms with Crippen molar-refractivity contribution >= 4 is 11.9 Å². The van der Waals surface area contributed by atoms with Gasteiger partial charge in [-0.05, 0) is 26.8 Å². The first-order valence-corrected chi connectivity index (χ1v) is 7.18. The van der Waals surface area contributed by atoms with Gasteiger partial charge in [0.1, 0.15) is 0 Å². The van der Waals surface area contributed by atoms with Crippen LogP contribution >= 0.6 is 0 Å². The van der Waals surface area contributed by atoms with Gasteiger partial charge >= 0.3 is 6.03 Å². The average molecular weight is 268 g/mol. The molecule has 0 spiro atoms. The summed E-state index contributed by atoms with van der Waals surface area (Å²) in [6, 6.07) is 0.249. The van der Waals surface area contributed by atoms with Gasteiger partial charge in [-0.25, -0.2) is 4.79 Å². The summed E-state index contributed by atoms with van der Waals surface area (Å²) in [6.07, 6.45) is 0.927. The van der Waals surface area contributed by atoms with E-state index in [9.17, 15) is 9.59 Å². The number of carbonyl (C=O) groups excluding carboxylic acids is 2. The zero-order chi connectivity index (χ0) is 13.8. The summed E-state index contributed by atoms with van der Waals surface area (Å²) < 4.78 is 0. The highest BCUT2D eigenvalue weighted by molar-refractivity contribution is 5.80. The zero-order valence-electron chi connectivity index (χ0n) is 11.8. The number of nitrogens with one attached hydrogen (secondary N) is 2. The van der Waals surface area contributed by atoms with E-state index >= 15 is 0 Å². The second-order valence-corrected chi connectivity index (χ2v) is 5.29. The highest BCUT2D eigenvalue weighted by Gasteiger charge is 2.34. The number of rotatable bonds is 2. The number of piperazine rings is 1. The summed E-state index contributed by atoms with van der Waals surface area (Å²) >= 11 is 0. The first-order valence-electron chi connectivity index (χ1n) is 7.18. The molecule has 2 unspecified atom stereocenters. The van der Waals surface area contributed by atoms with Gasteiger partial charge in [-0.2, -0.15) is 0 Å². The van der Waals surface area contributed by atoms with E-state index < -0.39 is 0 Å². The molecule has 2 fully saturated rings. The van der Waals surface area contributed by atoms with Crippen LogP contribution in [0.2, 0.25) is 0 Å². The maximum Gasteiger partial charge on any atom is 0.317 e. The summed E-state index contributed by atoms with van der Waals surface area (Å²) in [5.41, 5.74) is 0. The lowest BCUT2D eigenvalue weighted by molar-refractivity contribution is -0.137. The molecule has 2 heterocycles. The predicted molar refractivity (Wildman–Crippen MR) is 72.8 cm³/mol. The van der Waals surface area contributed by atoms with E-state index in [0.717, 1.165) is 13.0 Å². The van der Waals surface area contributed by atoms with Crippen molar-refractivity contribution in [3.05, 3.63) is 0 Å². The Morgan fingerprint density at radius 3 is 2.37 bits per heavy atom. The van der Waals surface area contributed by atoms with E-state index in [4.69, 9.17) is 0 Å². The SMILES string of the molecule is CCNC(=O)N1CCN(C(=O)C2CCNC2C)CC1. The molecule has 2 atom stereocenters. The second kappa shape index (κ2) is 6.23. The molecule has 108 valence electrons. The Kier molecular flexibility index (Phi) is 4.63. The van der Waals surface area contributed by atoms with Crippen molar-refractivity contribution in [2.45, 2.75) is 26.3 Å². The predicted octanol–water partition coefficient (Wildman–Crippen LogP) is -0.142. The van der Waals surface area contributed by atoms with Gasteiger partial charge in [0, 0.05) is 38.8 Å². The van der Waals surface area contributed by atoms with Gasteiger partial charge in [-0.15, -0.1) is 0 Å². The Morgan fingerprint density at radius 2 is 1.84 bits per heavy atom. The third kappa shape index (κ3) is 3.18. The number of urea groups is 1. The van der Waals surface area contributed by atoms with Gasteiger partial charge in [0.15, 0.2) is 0 Å². The van der Waals surface area contributed by atoms with Crippen molar-refractivity contribution < 1.29 is 9.59 Å². The largest absolute Gasteiger partial charge is 0.339 e. The van der Waals surface area contributed by atoms with Crippen LogP contribution in [0.3, 0.4) is 0 Å². The second-order valence-electron chi connectivity index (χ2n) is 5.29. The van der Waals surface area contributed by atoms with E-state index in [1.165, 1.54) is 0 Å². The van der Waals surface area contributed by atoms with Crippen LogP contribution in [0.4, 0.5) is 4.79 Å². The lowest BCUT2D eigenvalue weighted by Gasteiger charge is -2.36. The number of nitrogens with zero attached hydrogens (tertiary/aromatic N) is 2. The third-order valence-corrected chi connectivity index (χ3v) is 4.05. The van der Waals surface area contributed by atoms with Gasteiger partial charge in [-0.3, -0.25) is 4.79 Å². The van der Waals surface area contributed by atoms with E-state index in [0.29, 0.717) is 32.7 Å². The maximum atomic E-state index is 12.4. The van der Waals surface area contributed by atoms with Gasteiger partial charge in [0.05, 0.1) is 5.92 Å². The van der Waals surface area contributed by atoms with Crippen molar-refractivity contribution in [3.8, 4) is 0 Å². The van der Waals surface area contributed by atoms with Crippen LogP contribution in [0.1, 0.15) is 20.3 Å². The molecule has 0 saturated carbocycles. The smallest absolute Gasteiger partial charge is 0.317 e. The molecular weight excluding hydrogens is 244 g/mol. The molecule has 3 amide bonds. The third-order valence-electron chi connectivity index (χ3n) is 4.05. The molecule has 6 nitrogen and oxygen atoms in total. The molecule has 2 N–H and O–H groups in total. The van der Waals surface area contributed by atoms with Crippen molar-refractivity contribution in [1.29, 1.82) is 0 Å². The number of carbonyl (C=O) groups is 2. The van der Waals surface area contributed by atoms with E-state index in [2.05, 4.69) is 17.6 Å². The highest BCUT2D eigenvalue weighted by atomic mass is 16.2. The van der Waals surface area contributed by atoms with Crippen molar-refractivity contribution in [1.82, 2.24) is 20.4 Å². The molecule has 0 radical (unpaired) electrons. The van der Waals surface area contributed by atoms with Gasteiger partial charge in [-0.1, -0.05) is 0 Å². The number of hydrogen-bond acceptors (Lipinski definition) is 3. The van der Waals surface area contributed by atoms with Crippen LogP contribution in [-0.2, 0) is 4.79 Å². The minimum absolute atomic E-state index is 0.0227. The van der Waals surface area contributed by atoms with Crippen molar-refractivity contribution in [2.24, 2.45) is 5.92 Å². The van der Waals surface area contributed by atoms with Crippen LogP contribution in [0.15, 0.2) is 0 Å². The Balaban J connectivity index is 1.82. The topological polar surface area (TPSA) is 64.7 Å². The first-order chi connectivity index (χ1) is 9.13. The molecule has 0 bridgehead atoms. The van der Waals surface area contributed by atoms with Crippen molar-refractivity contribution in [3.63, 3.8) is 0 Å². The summed E-state index contributed by atoms with van der Waals surface area (Å²) in [6.45, 7) is 8.11. The molecule has 2 rings (SSSR count). The fourth-order valence-electron chi connectivity index (χ4n) is 2.82. The van der Waals surface area contributed by atoms with Crippen LogP contribution < -0.4 is 10.6 Å². The molecule has 2 saturated heterocycles. The summed E-state index contributed by atoms with van der Waals surface area (Å²) in [7, 11) is 0. The molecule has 19 heavy (non-hydrogen) atoms. The highest BCUT2D eigenvalue weighted by Crippen LogP contribution is 2.19. The van der Waals surface area contributed by atoms with E-state index in [-0.39, 0.29) is 23.9 Å². The fourth-order valence-corrected chi connectivity index (χ4v) is 2.82. The first kappa shape index (κ1) is 14.1. The summed E-state index contributed by atoms with van der Waals surface area (Å²) in [4.78, 5) is 27.8. The van der Waals surface area contributed by atoms with Crippen LogP contribution in [0, 0.1) is 5.92 Å².